The molecule has 1 aromatic carbocycles. The number of aromatic amines is 1. The Kier molecular flexibility index (Phi) is 3.90. The zero-order valence-corrected chi connectivity index (χ0v) is 11.6. The molecule has 0 saturated heterocycles. The minimum Gasteiger partial charge on any atom is -0.478 e. The molecule has 0 bridgehead atoms. The summed E-state index contributed by atoms with van der Waals surface area (Å²) in [4.78, 5) is 11.8. The minimum atomic E-state index is -0.315. The maximum absolute atomic E-state index is 11.8. The van der Waals surface area contributed by atoms with Crippen molar-refractivity contribution in [1.29, 1.82) is 0 Å². The molecule has 0 saturated carbocycles. The monoisotopic (exact) mass is 306 g/mol. The lowest BCUT2D eigenvalue weighted by atomic mass is 10.3. The van der Waals surface area contributed by atoms with Crippen LogP contribution < -0.4 is 10.3 Å². The molecule has 7 heteroatoms. The van der Waals surface area contributed by atoms with E-state index in [-0.39, 0.29) is 15.6 Å². The highest BCUT2D eigenvalue weighted by Gasteiger charge is 2.14. The molecule has 96 valence electrons. The Labute approximate surface area is 118 Å². The predicted octanol–water partition coefficient (Wildman–Crippen LogP) is 3.52. The van der Waals surface area contributed by atoms with Crippen molar-refractivity contribution in [1.82, 2.24) is 9.78 Å². The summed E-state index contributed by atoms with van der Waals surface area (Å²) < 4.78 is 6.42. The first-order valence-electron chi connectivity index (χ1n) is 5.12. The Bertz CT molecular complexity index is 610. The first kappa shape index (κ1) is 13.3. The van der Waals surface area contributed by atoms with E-state index in [9.17, 15) is 4.79 Å². The highest BCUT2D eigenvalue weighted by Crippen LogP contribution is 2.31. The second-order valence-corrected chi connectivity index (χ2v) is 4.70. The van der Waals surface area contributed by atoms with Gasteiger partial charge in [-0.2, -0.15) is 0 Å². The molecule has 0 atom stereocenters. The van der Waals surface area contributed by atoms with Gasteiger partial charge in [0.2, 0.25) is 5.88 Å². The molecule has 1 N–H and O–H groups in total. The Morgan fingerprint density at radius 2 is 1.83 bits per heavy atom. The molecular formula is C11H9Cl3N2O2. The van der Waals surface area contributed by atoms with E-state index in [4.69, 9.17) is 39.5 Å². The number of aromatic nitrogens is 2. The van der Waals surface area contributed by atoms with Gasteiger partial charge in [-0.05, 0) is 19.1 Å². The Morgan fingerprint density at radius 1 is 1.22 bits per heavy atom. The van der Waals surface area contributed by atoms with Gasteiger partial charge in [-0.3, -0.25) is 9.89 Å². The van der Waals surface area contributed by atoms with Crippen molar-refractivity contribution in [2.24, 2.45) is 0 Å². The van der Waals surface area contributed by atoms with Gasteiger partial charge >= 0.3 is 0 Å². The van der Waals surface area contributed by atoms with Crippen LogP contribution in [0.1, 0.15) is 6.92 Å². The van der Waals surface area contributed by atoms with E-state index in [1.165, 1.54) is 22.9 Å². The normalized spacial score (nSPS) is 10.7. The summed E-state index contributed by atoms with van der Waals surface area (Å²) in [5.41, 5.74) is 0.0308. The highest BCUT2D eigenvalue weighted by atomic mass is 35.5. The number of H-pyrrole nitrogens is 1. The number of rotatable bonds is 3. The van der Waals surface area contributed by atoms with Crippen LogP contribution in [0.5, 0.6) is 5.88 Å². The summed E-state index contributed by atoms with van der Waals surface area (Å²) >= 11 is 17.9. The fourth-order valence-corrected chi connectivity index (χ4v) is 2.50. The van der Waals surface area contributed by atoms with E-state index in [1.807, 2.05) is 6.92 Å². The van der Waals surface area contributed by atoms with Gasteiger partial charge in [-0.25, -0.2) is 4.68 Å². The second-order valence-electron chi connectivity index (χ2n) is 3.45. The van der Waals surface area contributed by atoms with Crippen LogP contribution >= 0.6 is 34.8 Å². The van der Waals surface area contributed by atoms with Crippen LogP contribution in [0.4, 0.5) is 0 Å². The summed E-state index contributed by atoms with van der Waals surface area (Å²) in [6.07, 6.45) is 0. The number of benzene rings is 1. The predicted molar refractivity (Wildman–Crippen MR) is 72.6 cm³/mol. The SMILES string of the molecule is CCOc1cc(=O)n(-c2c(Cl)cc(Cl)cc2Cl)[nH]1. The summed E-state index contributed by atoms with van der Waals surface area (Å²) in [7, 11) is 0. The molecule has 0 aliphatic rings. The zero-order chi connectivity index (χ0) is 13.3. The third-order valence-corrected chi connectivity index (χ3v) is 3.00. The van der Waals surface area contributed by atoms with E-state index in [1.54, 1.807) is 0 Å². The number of nitrogens with zero attached hydrogens (tertiary/aromatic N) is 1. The zero-order valence-electron chi connectivity index (χ0n) is 9.34. The molecule has 0 unspecified atom stereocenters. The molecule has 1 heterocycles. The van der Waals surface area contributed by atoms with Crippen LogP contribution in [0.15, 0.2) is 23.0 Å². The van der Waals surface area contributed by atoms with Gasteiger partial charge in [0.1, 0.15) is 5.69 Å². The Balaban J connectivity index is 2.58. The molecule has 4 nitrogen and oxygen atoms in total. The van der Waals surface area contributed by atoms with Crippen LogP contribution in [0.2, 0.25) is 15.1 Å². The number of nitrogens with one attached hydrogen (secondary N) is 1. The van der Waals surface area contributed by atoms with Gasteiger partial charge in [0, 0.05) is 5.02 Å². The van der Waals surface area contributed by atoms with E-state index in [0.29, 0.717) is 23.2 Å². The van der Waals surface area contributed by atoms with Crippen LogP contribution in [0, 0.1) is 0 Å². The van der Waals surface area contributed by atoms with Gasteiger partial charge in [-0.1, -0.05) is 34.8 Å². The average Bonchev–Trinajstić information content (AvgIpc) is 2.59. The number of hydrogen-bond donors (Lipinski definition) is 1. The van der Waals surface area contributed by atoms with E-state index >= 15 is 0 Å². The molecule has 2 rings (SSSR count). The number of halogens is 3. The molecule has 0 aliphatic carbocycles. The van der Waals surface area contributed by atoms with Gasteiger partial charge in [0.05, 0.1) is 22.7 Å². The molecule has 18 heavy (non-hydrogen) atoms. The topological polar surface area (TPSA) is 47.0 Å². The van der Waals surface area contributed by atoms with Crippen molar-refractivity contribution in [3.63, 3.8) is 0 Å². The van der Waals surface area contributed by atoms with Crippen molar-refractivity contribution in [2.75, 3.05) is 6.61 Å². The van der Waals surface area contributed by atoms with Gasteiger partial charge in [-0.15, -0.1) is 0 Å². The van der Waals surface area contributed by atoms with Crippen LogP contribution in [0.3, 0.4) is 0 Å². The molecule has 0 spiro atoms. The van der Waals surface area contributed by atoms with Crippen LogP contribution in [-0.2, 0) is 0 Å². The quantitative estimate of drug-likeness (QED) is 0.943. The van der Waals surface area contributed by atoms with Gasteiger partial charge in [0.25, 0.3) is 5.56 Å². The first-order chi connectivity index (χ1) is 8.52. The fourth-order valence-electron chi connectivity index (χ4n) is 1.52. The molecule has 2 aromatic rings. The van der Waals surface area contributed by atoms with Crippen molar-refractivity contribution < 1.29 is 4.74 Å². The third kappa shape index (κ3) is 2.51. The van der Waals surface area contributed by atoms with Crippen molar-refractivity contribution in [3.05, 3.63) is 43.6 Å². The lowest BCUT2D eigenvalue weighted by Crippen LogP contribution is -2.14. The highest BCUT2D eigenvalue weighted by molar-refractivity contribution is 6.40. The average molecular weight is 308 g/mol. The van der Waals surface area contributed by atoms with Crippen molar-refractivity contribution in [3.8, 4) is 11.6 Å². The van der Waals surface area contributed by atoms with E-state index in [2.05, 4.69) is 5.10 Å². The lowest BCUT2D eigenvalue weighted by Gasteiger charge is -2.08. The maximum Gasteiger partial charge on any atom is 0.275 e. The lowest BCUT2D eigenvalue weighted by molar-refractivity contribution is 0.324. The largest absolute Gasteiger partial charge is 0.478 e. The molecule has 0 amide bonds. The van der Waals surface area contributed by atoms with Crippen LogP contribution in [0.25, 0.3) is 5.69 Å². The summed E-state index contributed by atoms with van der Waals surface area (Å²) in [5.74, 6) is 0.351. The number of ether oxygens (including phenoxy) is 1. The fraction of sp³-hybridized carbons (Fsp3) is 0.182. The summed E-state index contributed by atoms with van der Waals surface area (Å²) in [6, 6.07) is 4.35. The second kappa shape index (κ2) is 5.26. The van der Waals surface area contributed by atoms with E-state index < -0.39 is 0 Å². The summed E-state index contributed by atoms with van der Waals surface area (Å²) in [6.45, 7) is 2.26. The molecule has 1 aromatic heterocycles. The van der Waals surface area contributed by atoms with Gasteiger partial charge in [0.15, 0.2) is 0 Å². The molecular weight excluding hydrogens is 298 g/mol. The number of hydrogen-bond acceptors (Lipinski definition) is 2. The minimum absolute atomic E-state index is 0.277. The smallest absolute Gasteiger partial charge is 0.275 e. The van der Waals surface area contributed by atoms with Crippen molar-refractivity contribution >= 4 is 34.8 Å². The Hall–Kier alpha value is -1.10. The van der Waals surface area contributed by atoms with Crippen molar-refractivity contribution in [2.45, 2.75) is 6.92 Å². The maximum atomic E-state index is 11.8. The first-order valence-corrected chi connectivity index (χ1v) is 6.26. The Morgan fingerprint density at radius 3 is 2.39 bits per heavy atom. The molecule has 0 radical (unpaired) electrons. The third-order valence-electron chi connectivity index (χ3n) is 2.20. The van der Waals surface area contributed by atoms with Crippen LogP contribution in [-0.4, -0.2) is 16.4 Å². The van der Waals surface area contributed by atoms with Gasteiger partial charge < -0.3 is 4.74 Å². The van der Waals surface area contributed by atoms with E-state index in [0.717, 1.165) is 0 Å². The molecule has 0 fully saturated rings. The standard InChI is InChI=1S/C11H9Cl3N2O2/c1-2-18-9-5-10(17)16(15-9)11-7(13)3-6(12)4-8(11)14/h3-5,15H,2H2,1H3. The molecule has 0 aliphatic heterocycles. The summed E-state index contributed by atoms with van der Waals surface area (Å²) in [5, 5.41) is 3.73.